The van der Waals surface area contributed by atoms with Crippen molar-refractivity contribution in [2.24, 2.45) is 0 Å². The van der Waals surface area contributed by atoms with E-state index in [2.05, 4.69) is 0 Å². The van der Waals surface area contributed by atoms with Crippen LogP contribution in [-0.2, 0) is 10.1 Å². The number of rotatable bonds is 0. The molecule has 0 atom stereocenters. The van der Waals surface area contributed by atoms with Crippen LogP contribution in [-0.4, -0.2) is 44.7 Å². The Morgan fingerprint density at radius 1 is 1.22 bits per heavy atom. The summed E-state index contributed by atoms with van der Waals surface area (Å²) in [6.07, 6.45) is 0. The van der Waals surface area contributed by atoms with Crippen LogP contribution in [0.4, 0.5) is 13.2 Å². The van der Waals surface area contributed by atoms with E-state index in [1.54, 1.807) is 0 Å². The molecule has 0 saturated carbocycles. The van der Waals surface area contributed by atoms with Gasteiger partial charge in [0.25, 0.3) is 0 Å². The molecule has 0 N–H and O–H groups in total. The molecule has 0 aromatic heterocycles. The van der Waals surface area contributed by atoms with Crippen LogP contribution >= 0.6 is 0 Å². The first-order valence-corrected chi connectivity index (χ1v) is 2.68. The van der Waals surface area contributed by atoms with E-state index < -0.39 is 15.6 Å². The molecule has 0 aliphatic carbocycles. The molecule has 0 saturated heterocycles. The van der Waals surface area contributed by atoms with Gasteiger partial charge in [-0.15, -0.1) is 0 Å². The first-order valence-electron chi connectivity index (χ1n) is 1.27. The summed E-state index contributed by atoms with van der Waals surface area (Å²) in [7, 11) is -6.09. The molecule has 0 spiro atoms. The summed E-state index contributed by atoms with van der Waals surface area (Å²) in [5.74, 6) is 0. The van der Waals surface area contributed by atoms with E-state index in [9.17, 15) is 13.2 Å². The van der Waals surface area contributed by atoms with Crippen molar-refractivity contribution in [3.63, 3.8) is 0 Å². The number of halogens is 3. The van der Waals surface area contributed by atoms with Crippen LogP contribution in [0, 0.1) is 0 Å². The third kappa shape index (κ3) is 4.05. The average Bonchev–Trinajstić information content (AvgIpc) is 1.25. The van der Waals surface area contributed by atoms with Gasteiger partial charge < -0.3 is 4.55 Å². The summed E-state index contributed by atoms with van der Waals surface area (Å²) in [5, 5.41) is 0. The maximum absolute atomic E-state index is 10.7. The minimum atomic E-state index is -6.09. The standard InChI is InChI=1S/CHF3O3S.Bi/c2-1(3,4)8(5,6)7;/h(H,5,6,7);/q;+3/p-1. The van der Waals surface area contributed by atoms with Gasteiger partial charge in [0.2, 0.25) is 0 Å². The second-order valence-electron chi connectivity index (χ2n) is 0.900. The van der Waals surface area contributed by atoms with Crippen molar-refractivity contribution in [3.8, 4) is 0 Å². The molecular formula is CBiF3O3S+2. The second-order valence-corrected chi connectivity index (χ2v) is 2.27. The van der Waals surface area contributed by atoms with Crippen molar-refractivity contribution >= 4 is 36.3 Å². The molecule has 0 amide bonds. The van der Waals surface area contributed by atoms with Gasteiger partial charge >= 0.3 is 31.7 Å². The molecule has 0 aromatic rings. The van der Waals surface area contributed by atoms with Crippen LogP contribution in [0.25, 0.3) is 0 Å². The summed E-state index contributed by atoms with van der Waals surface area (Å²) in [4.78, 5) is 0. The van der Waals surface area contributed by atoms with Crippen LogP contribution < -0.4 is 0 Å². The van der Waals surface area contributed by atoms with Crippen LogP contribution in [0.5, 0.6) is 0 Å². The molecule has 0 bridgehead atoms. The predicted octanol–water partition coefficient (Wildman–Crippen LogP) is -0.329. The molecule has 0 aromatic carbocycles. The van der Waals surface area contributed by atoms with E-state index in [-0.39, 0.29) is 26.2 Å². The first kappa shape index (κ1) is 12.3. The third-order valence-corrected chi connectivity index (χ3v) is 0.850. The zero-order valence-electron chi connectivity index (χ0n) is 3.71. The quantitative estimate of drug-likeness (QED) is 0.339. The minimum absolute atomic E-state index is 0. The van der Waals surface area contributed by atoms with Gasteiger partial charge in [0.05, 0.1) is 0 Å². The Hall–Kier alpha value is 0.583. The van der Waals surface area contributed by atoms with Crippen LogP contribution in [0.3, 0.4) is 0 Å². The molecule has 2 radical (unpaired) electrons. The van der Waals surface area contributed by atoms with Crippen molar-refractivity contribution in [1.29, 1.82) is 0 Å². The van der Waals surface area contributed by atoms with Gasteiger partial charge in [-0.1, -0.05) is 0 Å². The van der Waals surface area contributed by atoms with Crippen molar-refractivity contribution in [1.82, 2.24) is 0 Å². The van der Waals surface area contributed by atoms with E-state index in [1.807, 2.05) is 0 Å². The summed E-state index contributed by atoms with van der Waals surface area (Å²) in [6, 6.07) is 0. The summed E-state index contributed by atoms with van der Waals surface area (Å²) in [5.41, 5.74) is -5.65. The van der Waals surface area contributed by atoms with Crippen molar-refractivity contribution in [3.05, 3.63) is 0 Å². The molecule has 3 nitrogen and oxygen atoms in total. The minimum Gasteiger partial charge on any atom is -0.741 e. The number of hydrogen-bond donors (Lipinski definition) is 0. The van der Waals surface area contributed by atoms with Gasteiger partial charge in [-0.3, -0.25) is 0 Å². The van der Waals surface area contributed by atoms with Gasteiger partial charge in [0, 0.05) is 0 Å². The van der Waals surface area contributed by atoms with E-state index >= 15 is 0 Å². The van der Waals surface area contributed by atoms with Gasteiger partial charge in [-0.05, 0) is 0 Å². The maximum atomic E-state index is 10.7. The Labute approximate surface area is 68.1 Å². The van der Waals surface area contributed by atoms with E-state index in [4.69, 9.17) is 13.0 Å². The molecule has 0 aliphatic heterocycles. The molecule has 52 valence electrons. The molecule has 0 unspecified atom stereocenters. The summed E-state index contributed by atoms with van der Waals surface area (Å²) in [6.45, 7) is 0. The first-order chi connectivity index (χ1) is 3.25. The summed E-state index contributed by atoms with van der Waals surface area (Å²) < 4.78 is 58.9. The van der Waals surface area contributed by atoms with Crippen molar-refractivity contribution in [2.75, 3.05) is 0 Å². The molecule has 0 fully saturated rings. The van der Waals surface area contributed by atoms with E-state index in [0.717, 1.165) is 0 Å². The fraction of sp³-hybridized carbons (Fsp3) is 1.00. The summed E-state index contributed by atoms with van der Waals surface area (Å²) >= 11 is 0. The van der Waals surface area contributed by atoms with Crippen molar-refractivity contribution < 1.29 is 26.1 Å². The SMILES string of the molecule is O=S(=O)([O-])C(F)(F)F.[Bi+3]. The smallest absolute Gasteiger partial charge is 0.741 e. The fourth-order valence-corrected chi connectivity index (χ4v) is 0. The monoisotopic (exact) mass is 358 g/mol. The van der Waals surface area contributed by atoms with Crippen LogP contribution in [0.1, 0.15) is 0 Å². The Kier molecular flexibility index (Phi) is 4.25. The van der Waals surface area contributed by atoms with Crippen LogP contribution in [0.15, 0.2) is 0 Å². The second kappa shape index (κ2) is 3.12. The number of hydrogen-bond acceptors (Lipinski definition) is 3. The van der Waals surface area contributed by atoms with Gasteiger partial charge in [-0.25, -0.2) is 8.42 Å². The van der Waals surface area contributed by atoms with Crippen LogP contribution in [0.2, 0.25) is 0 Å². The zero-order chi connectivity index (χ0) is 7.00. The predicted molar refractivity (Wildman–Crippen MR) is 21.5 cm³/mol. The molecule has 8 heteroatoms. The largest absolute Gasteiger partial charge is 3.00 e. The molecule has 0 aliphatic rings. The van der Waals surface area contributed by atoms with Gasteiger partial charge in [-0.2, -0.15) is 13.2 Å². The Balaban J connectivity index is 0. The Morgan fingerprint density at radius 3 is 1.33 bits per heavy atom. The fourth-order valence-electron chi connectivity index (χ4n) is 0. The van der Waals surface area contributed by atoms with Crippen molar-refractivity contribution in [2.45, 2.75) is 5.51 Å². The third-order valence-electron chi connectivity index (χ3n) is 0.283. The Morgan fingerprint density at radius 2 is 1.33 bits per heavy atom. The molecule has 0 heterocycles. The molecule has 9 heavy (non-hydrogen) atoms. The van der Waals surface area contributed by atoms with E-state index in [1.165, 1.54) is 0 Å². The topological polar surface area (TPSA) is 57.2 Å². The van der Waals surface area contributed by atoms with Gasteiger partial charge in [0.1, 0.15) is 0 Å². The van der Waals surface area contributed by atoms with Gasteiger partial charge in [0.15, 0.2) is 10.1 Å². The number of alkyl halides is 3. The van der Waals surface area contributed by atoms with E-state index in [0.29, 0.717) is 0 Å². The maximum Gasteiger partial charge on any atom is 3.00 e. The molecule has 0 rings (SSSR count). The zero-order valence-corrected chi connectivity index (χ0v) is 8.01. The Bertz CT molecular complexity index is 168. The molecular weight excluding hydrogens is 358 g/mol. The normalized spacial score (nSPS) is 12.4. The average molecular weight is 358 g/mol.